The summed E-state index contributed by atoms with van der Waals surface area (Å²) in [5, 5.41) is 3.00. The van der Waals surface area contributed by atoms with E-state index >= 15 is 0 Å². The maximum Gasteiger partial charge on any atom is 0.167 e. The molecule has 0 saturated carbocycles. The Labute approximate surface area is 106 Å². The predicted molar refractivity (Wildman–Crippen MR) is 70.4 cm³/mol. The van der Waals surface area contributed by atoms with Crippen LogP contribution in [0.15, 0.2) is 42.5 Å². The predicted octanol–water partition coefficient (Wildman–Crippen LogP) is 3.65. The highest BCUT2D eigenvalue weighted by molar-refractivity contribution is 5.39. The Hall–Kier alpha value is -1.87. The number of hydrogen-bond acceptors (Lipinski definition) is 2. The van der Waals surface area contributed by atoms with Crippen LogP contribution in [0.25, 0.3) is 0 Å². The van der Waals surface area contributed by atoms with Crippen molar-refractivity contribution in [3.8, 4) is 11.5 Å². The van der Waals surface area contributed by atoms with Crippen LogP contribution in [0.4, 0.5) is 4.39 Å². The van der Waals surface area contributed by atoms with Crippen LogP contribution in [0, 0.1) is 12.7 Å². The summed E-state index contributed by atoms with van der Waals surface area (Å²) in [4.78, 5) is 0. The Morgan fingerprint density at radius 1 is 1.11 bits per heavy atom. The molecular weight excluding hydrogens is 229 g/mol. The first kappa shape index (κ1) is 12.6. The van der Waals surface area contributed by atoms with Crippen LogP contribution in [0.3, 0.4) is 0 Å². The van der Waals surface area contributed by atoms with Crippen molar-refractivity contribution in [3.63, 3.8) is 0 Å². The SMILES string of the molecule is CNCc1cccc(F)c1Oc1ccc(C)cc1. The molecule has 0 heterocycles. The molecule has 0 saturated heterocycles. The summed E-state index contributed by atoms with van der Waals surface area (Å²) in [6.07, 6.45) is 0. The van der Waals surface area contributed by atoms with Crippen molar-refractivity contribution in [1.82, 2.24) is 5.32 Å². The Morgan fingerprint density at radius 3 is 2.50 bits per heavy atom. The van der Waals surface area contributed by atoms with Crippen LogP contribution in [0.1, 0.15) is 11.1 Å². The number of hydrogen-bond donors (Lipinski definition) is 1. The van der Waals surface area contributed by atoms with Gasteiger partial charge in [0.25, 0.3) is 0 Å². The molecule has 0 radical (unpaired) electrons. The molecule has 0 unspecified atom stereocenters. The van der Waals surface area contributed by atoms with Gasteiger partial charge in [-0.2, -0.15) is 0 Å². The van der Waals surface area contributed by atoms with Crippen molar-refractivity contribution in [1.29, 1.82) is 0 Å². The van der Waals surface area contributed by atoms with Crippen molar-refractivity contribution >= 4 is 0 Å². The smallest absolute Gasteiger partial charge is 0.167 e. The van der Waals surface area contributed by atoms with Crippen molar-refractivity contribution in [2.24, 2.45) is 0 Å². The van der Waals surface area contributed by atoms with Crippen LogP contribution in [-0.2, 0) is 6.54 Å². The maximum absolute atomic E-state index is 13.8. The zero-order valence-electron chi connectivity index (χ0n) is 10.5. The van der Waals surface area contributed by atoms with Gasteiger partial charge in [-0.05, 0) is 32.2 Å². The van der Waals surface area contributed by atoms with Gasteiger partial charge < -0.3 is 10.1 Å². The van der Waals surface area contributed by atoms with Gasteiger partial charge in [0.15, 0.2) is 11.6 Å². The maximum atomic E-state index is 13.8. The monoisotopic (exact) mass is 245 g/mol. The first-order valence-corrected chi connectivity index (χ1v) is 5.87. The molecule has 0 atom stereocenters. The Balaban J connectivity index is 2.30. The molecule has 0 fully saturated rings. The van der Waals surface area contributed by atoms with E-state index in [2.05, 4.69) is 5.32 Å². The molecule has 0 bridgehead atoms. The minimum Gasteiger partial charge on any atom is -0.454 e. The fraction of sp³-hybridized carbons (Fsp3) is 0.200. The normalized spacial score (nSPS) is 10.4. The first-order chi connectivity index (χ1) is 8.70. The van der Waals surface area contributed by atoms with Gasteiger partial charge in [-0.25, -0.2) is 4.39 Å². The topological polar surface area (TPSA) is 21.3 Å². The number of nitrogens with one attached hydrogen (secondary N) is 1. The van der Waals surface area contributed by atoms with Crippen molar-refractivity contribution < 1.29 is 9.13 Å². The number of rotatable bonds is 4. The lowest BCUT2D eigenvalue weighted by atomic mass is 10.2. The van der Waals surface area contributed by atoms with Crippen molar-refractivity contribution in [2.75, 3.05) is 7.05 Å². The third-order valence-corrected chi connectivity index (χ3v) is 2.66. The van der Waals surface area contributed by atoms with Crippen LogP contribution in [0.5, 0.6) is 11.5 Å². The molecule has 94 valence electrons. The third-order valence-electron chi connectivity index (χ3n) is 2.66. The largest absolute Gasteiger partial charge is 0.454 e. The van der Waals surface area contributed by atoms with Gasteiger partial charge in [0.2, 0.25) is 0 Å². The van der Waals surface area contributed by atoms with Crippen LogP contribution >= 0.6 is 0 Å². The van der Waals surface area contributed by atoms with Gasteiger partial charge in [0.1, 0.15) is 5.75 Å². The first-order valence-electron chi connectivity index (χ1n) is 5.87. The van der Waals surface area contributed by atoms with Gasteiger partial charge in [0.05, 0.1) is 0 Å². The highest BCUT2D eigenvalue weighted by Gasteiger charge is 2.10. The average molecular weight is 245 g/mol. The van der Waals surface area contributed by atoms with Crippen molar-refractivity contribution in [2.45, 2.75) is 13.5 Å². The molecule has 0 amide bonds. The lowest BCUT2D eigenvalue weighted by Gasteiger charge is -2.12. The van der Waals surface area contributed by atoms with Gasteiger partial charge in [-0.3, -0.25) is 0 Å². The Kier molecular flexibility index (Phi) is 3.95. The summed E-state index contributed by atoms with van der Waals surface area (Å²) in [7, 11) is 1.82. The zero-order chi connectivity index (χ0) is 13.0. The standard InChI is InChI=1S/C15H16FNO/c1-11-6-8-13(9-7-11)18-15-12(10-17-2)4-3-5-14(15)16/h3-9,17H,10H2,1-2H3. The average Bonchev–Trinajstić information content (AvgIpc) is 2.36. The zero-order valence-corrected chi connectivity index (χ0v) is 10.5. The third kappa shape index (κ3) is 2.87. The highest BCUT2D eigenvalue weighted by Crippen LogP contribution is 2.28. The summed E-state index contributed by atoms with van der Waals surface area (Å²) in [6, 6.07) is 12.5. The van der Waals surface area contributed by atoms with Crippen LogP contribution in [-0.4, -0.2) is 7.05 Å². The fourth-order valence-corrected chi connectivity index (χ4v) is 1.72. The molecule has 18 heavy (non-hydrogen) atoms. The molecule has 0 spiro atoms. The van der Waals surface area contributed by atoms with Gasteiger partial charge in [0, 0.05) is 12.1 Å². The Bertz CT molecular complexity index is 523. The Morgan fingerprint density at radius 2 is 1.83 bits per heavy atom. The van der Waals surface area contributed by atoms with E-state index in [9.17, 15) is 4.39 Å². The molecule has 1 N–H and O–H groups in total. The van der Waals surface area contributed by atoms with E-state index in [0.29, 0.717) is 12.3 Å². The van der Waals surface area contributed by atoms with E-state index in [4.69, 9.17) is 4.74 Å². The van der Waals surface area contributed by atoms with Crippen molar-refractivity contribution in [3.05, 3.63) is 59.4 Å². The quantitative estimate of drug-likeness (QED) is 0.887. The van der Waals surface area contributed by atoms with E-state index in [-0.39, 0.29) is 11.6 Å². The lowest BCUT2D eigenvalue weighted by molar-refractivity contribution is 0.434. The minimum atomic E-state index is -0.344. The van der Waals surface area contributed by atoms with E-state index in [1.807, 2.05) is 44.3 Å². The molecule has 2 nitrogen and oxygen atoms in total. The van der Waals surface area contributed by atoms with Gasteiger partial charge in [-0.1, -0.05) is 29.8 Å². The van der Waals surface area contributed by atoms with E-state index in [1.165, 1.54) is 6.07 Å². The van der Waals surface area contributed by atoms with E-state index in [1.54, 1.807) is 6.07 Å². The van der Waals surface area contributed by atoms with E-state index in [0.717, 1.165) is 11.1 Å². The molecular formula is C15H16FNO. The summed E-state index contributed by atoms with van der Waals surface area (Å²) in [5.41, 5.74) is 1.95. The number of halogens is 1. The summed E-state index contributed by atoms with van der Waals surface area (Å²) in [6.45, 7) is 2.57. The second-order valence-corrected chi connectivity index (χ2v) is 4.17. The number of para-hydroxylation sites is 1. The fourth-order valence-electron chi connectivity index (χ4n) is 1.72. The molecule has 0 aliphatic heterocycles. The van der Waals surface area contributed by atoms with E-state index < -0.39 is 0 Å². The number of ether oxygens (including phenoxy) is 1. The summed E-state index contributed by atoms with van der Waals surface area (Å²) < 4.78 is 19.4. The highest BCUT2D eigenvalue weighted by atomic mass is 19.1. The summed E-state index contributed by atoms with van der Waals surface area (Å²) >= 11 is 0. The molecule has 0 aromatic heterocycles. The second-order valence-electron chi connectivity index (χ2n) is 4.17. The second kappa shape index (κ2) is 5.65. The molecule has 0 aliphatic carbocycles. The number of aryl methyl sites for hydroxylation is 1. The summed E-state index contributed by atoms with van der Waals surface area (Å²) in [5.74, 6) is 0.585. The minimum absolute atomic E-state index is 0.288. The van der Waals surface area contributed by atoms with Crippen LogP contribution in [0.2, 0.25) is 0 Å². The molecule has 2 rings (SSSR count). The lowest BCUT2D eigenvalue weighted by Crippen LogP contribution is -2.07. The number of benzene rings is 2. The van der Waals surface area contributed by atoms with Gasteiger partial charge in [-0.15, -0.1) is 0 Å². The molecule has 0 aliphatic rings. The molecule has 3 heteroatoms. The molecule has 2 aromatic rings. The van der Waals surface area contributed by atoms with Crippen LogP contribution < -0.4 is 10.1 Å². The van der Waals surface area contributed by atoms with Gasteiger partial charge >= 0.3 is 0 Å². The molecule has 2 aromatic carbocycles.